The smallest absolute Gasteiger partial charge is 0.238 e. The fraction of sp³-hybridized carbons (Fsp3) is 0.350. The van der Waals surface area contributed by atoms with E-state index >= 15 is 0 Å². The van der Waals surface area contributed by atoms with E-state index in [0.29, 0.717) is 12.5 Å². The highest BCUT2D eigenvalue weighted by molar-refractivity contribution is 5.92. The molecule has 1 fully saturated rings. The zero-order valence-electron chi connectivity index (χ0n) is 15.3. The van der Waals surface area contributed by atoms with Gasteiger partial charge in [-0.25, -0.2) is 0 Å². The van der Waals surface area contributed by atoms with Crippen molar-refractivity contribution < 1.29 is 9.53 Å². The van der Waals surface area contributed by atoms with Gasteiger partial charge in [0.1, 0.15) is 11.6 Å². The van der Waals surface area contributed by atoms with Crippen molar-refractivity contribution in [3.8, 4) is 5.75 Å². The lowest BCUT2D eigenvalue weighted by molar-refractivity contribution is -0.117. The maximum atomic E-state index is 12.3. The van der Waals surface area contributed by atoms with Crippen LogP contribution in [-0.2, 0) is 4.79 Å². The molecule has 0 unspecified atom stereocenters. The largest absolute Gasteiger partial charge is 0.497 e. The average molecular weight is 365 g/mol. The number of carbonyl (C=O) groups is 1. The van der Waals surface area contributed by atoms with Crippen molar-refractivity contribution >= 4 is 17.2 Å². The normalized spacial score (nSPS) is 15.7. The van der Waals surface area contributed by atoms with Crippen molar-refractivity contribution in [3.63, 3.8) is 0 Å². The van der Waals surface area contributed by atoms with Gasteiger partial charge in [-0.05, 0) is 62.3 Å². The summed E-state index contributed by atoms with van der Waals surface area (Å²) in [6.07, 6.45) is 3.97. The molecule has 1 aliphatic heterocycles. The summed E-state index contributed by atoms with van der Waals surface area (Å²) in [7, 11) is 1.62. The number of carbonyl (C=O) groups excluding carboxylic acids is 1. The Kier molecular flexibility index (Phi) is 5.02. The number of nitrogens with zero attached hydrogens (tertiary/aromatic N) is 4. The van der Waals surface area contributed by atoms with Gasteiger partial charge in [0.05, 0.1) is 13.7 Å². The second kappa shape index (κ2) is 7.75. The van der Waals surface area contributed by atoms with E-state index in [0.717, 1.165) is 48.8 Å². The maximum Gasteiger partial charge on any atom is 0.238 e. The second-order valence-electron chi connectivity index (χ2n) is 6.81. The van der Waals surface area contributed by atoms with E-state index in [1.807, 2.05) is 48.7 Å². The number of likely N-dealkylation sites (tertiary alicyclic amines) is 1. The molecule has 4 rings (SSSR count). The van der Waals surface area contributed by atoms with Gasteiger partial charge in [-0.2, -0.15) is 0 Å². The molecule has 7 nitrogen and oxygen atoms in total. The summed E-state index contributed by atoms with van der Waals surface area (Å²) in [6.45, 7) is 2.16. The Hall–Kier alpha value is -2.93. The summed E-state index contributed by atoms with van der Waals surface area (Å²) in [5.41, 5.74) is 1.67. The minimum Gasteiger partial charge on any atom is -0.497 e. The highest BCUT2D eigenvalue weighted by Gasteiger charge is 2.25. The predicted octanol–water partition coefficient (Wildman–Crippen LogP) is 2.56. The molecule has 140 valence electrons. The molecule has 0 aliphatic carbocycles. The summed E-state index contributed by atoms with van der Waals surface area (Å²) in [4.78, 5) is 14.5. The lowest BCUT2D eigenvalue weighted by Gasteiger charge is -2.30. The molecule has 1 saturated heterocycles. The van der Waals surface area contributed by atoms with E-state index in [1.165, 1.54) is 0 Å². The van der Waals surface area contributed by atoms with Crippen LogP contribution in [-0.4, -0.2) is 52.1 Å². The SMILES string of the molecule is COc1ccc(NC(=O)CN2CCC(c3nnc4ccccn34)CC2)cc1. The number of rotatable bonds is 5. The van der Waals surface area contributed by atoms with E-state index in [9.17, 15) is 4.79 Å². The van der Waals surface area contributed by atoms with Gasteiger partial charge in [0.2, 0.25) is 5.91 Å². The molecule has 0 atom stereocenters. The predicted molar refractivity (Wildman–Crippen MR) is 103 cm³/mol. The van der Waals surface area contributed by atoms with Crippen LogP contribution in [0.25, 0.3) is 5.65 Å². The zero-order chi connectivity index (χ0) is 18.6. The Bertz CT molecular complexity index is 914. The lowest BCUT2D eigenvalue weighted by Crippen LogP contribution is -2.39. The third-order valence-electron chi connectivity index (χ3n) is 5.03. The number of anilines is 1. The highest BCUT2D eigenvalue weighted by atomic mass is 16.5. The summed E-state index contributed by atoms with van der Waals surface area (Å²) in [5, 5.41) is 11.6. The van der Waals surface area contributed by atoms with E-state index < -0.39 is 0 Å². The number of piperidine rings is 1. The maximum absolute atomic E-state index is 12.3. The number of hydrogen-bond acceptors (Lipinski definition) is 5. The standard InChI is InChI=1S/C20H23N5O2/c1-27-17-7-5-16(6-8-17)21-19(26)14-24-12-9-15(10-13-24)20-23-22-18-4-2-3-11-25(18)20/h2-8,11,15H,9-10,12-14H2,1H3,(H,21,26). The van der Waals surface area contributed by atoms with Crippen LogP contribution in [0.4, 0.5) is 5.69 Å². The molecule has 3 aromatic rings. The van der Waals surface area contributed by atoms with Crippen LogP contribution in [0.3, 0.4) is 0 Å². The van der Waals surface area contributed by atoms with Crippen molar-refractivity contribution in [3.05, 3.63) is 54.5 Å². The molecule has 7 heteroatoms. The van der Waals surface area contributed by atoms with E-state index in [2.05, 4.69) is 24.8 Å². The van der Waals surface area contributed by atoms with Gasteiger partial charge >= 0.3 is 0 Å². The minimum atomic E-state index is 0.00606. The van der Waals surface area contributed by atoms with Crippen LogP contribution in [0.2, 0.25) is 0 Å². The number of benzene rings is 1. The topological polar surface area (TPSA) is 71.8 Å². The van der Waals surface area contributed by atoms with Gasteiger partial charge in [0, 0.05) is 17.8 Å². The van der Waals surface area contributed by atoms with E-state index in [-0.39, 0.29) is 5.91 Å². The molecule has 2 aromatic heterocycles. The number of amides is 1. The molecule has 1 N–H and O–H groups in total. The highest BCUT2D eigenvalue weighted by Crippen LogP contribution is 2.27. The molecule has 1 aliphatic rings. The molecule has 0 bridgehead atoms. The number of methoxy groups -OCH3 is 1. The van der Waals surface area contributed by atoms with Crippen molar-refractivity contribution in [2.24, 2.45) is 0 Å². The first-order chi connectivity index (χ1) is 13.2. The summed E-state index contributed by atoms with van der Waals surface area (Å²) < 4.78 is 7.20. The van der Waals surface area contributed by atoms with Crippen LogP contribution in [0.1, 0.15) is 24.6 Å². The first-order valence-corrected chi connectivity index (χ1v) is 9.19. The summed E-state index contributed by atoms with van der Waals surface area (Å²) in [5.74, 6) is 2.18. The fourth-order valence-corrected chi connectivity index (χ4v) is 3.57. The Morgan fingerprint density at radius 1 is 1.15 bits per heavy atom. The second-order valence-corrected chi connectivity index (χ2v) is 6.81. The van der Waals surface area contributed by atoms with Crippen molar-refractivity contribution in [1.82, 2.24) is 19.5 Å². The van der Waals surface area contributed by atoms with Crippen LogP contribution >= 0.6 is 0 Å². The van der Waals surface area contributed by atoms with Gasteiger partial charge < -0.3 is 10.1 Å². The summed E-state index contributed by atoms with van der Waals surface area (Å²) in [6, 6.07) is 13.3. The quantitative estimate of drug-likeness (QED) is 0.752. The van der Waals surface area contributed by atoms with Crippen LogP contribution in [0, 0.1) is 0 Å². The van der Waals surface area contributed by atoms with Gasteiger partial charge in [-0.15, -0.1) is 10.2 Å². The van der Waals surface area contributed by atoms with Crippen molar-refractivity contribution in [1.29, 1.82) is 0 Å². The third-order valence-corrected chi connectivity index (χ3v) is 5.03. The van der Waals surface area contributed by atoms with Gasteiger partial charge in [0.15, 0.2) is 5.65 Å². The number of aromatic nitrogens is 3. The van der Waals surface area contributed by atoms with Crippen molar-refractivity contribution in [2.75, 3.05) is 32.1 Å². The molecule has 3 heterocycles. The summed E-state index contributed by atoms with van der Waals surface area (Å²) >= 11 is 0. The minimum absolute atomic E-state index is 0.00606. The van der Waals surface area contributed by atoms with Crippen LogP contribution in [0.5, 0.6) is 5.75 Å². The molecular weight excluding hydrogens is 342 g/mol. The number of fused-ring (bicyclic) bond motifs is 1. The Labute approximate surface area is 158 Å². The number of ether oxygens (including phenoxy) is 1. The first-order valence-electron chi connectivity index (χ1n) is 9.19. The number of hydrogen-bond donors (Lipinski definition) is 1. The van der Waals surface area contributed by atoms with Gasteiger partial charge in [-0.1, -0.05) is 6.07 Å². The van der Waals surface area contributed by atoms with E-state index in [1.54, 1.807) is 7.11 Å². The molecule has 27 heavy (non-hydrogen) atoms. The monoisotopic (exact) mass is 365 g/mol. The van der Waals surface area contributed by atoms with Gasteiger partial charge in [-0.3, -0.25) is 14.1 Å². The average Bonchev–Trinajstić information content (AvgIpc) is 3.13. The zero-order valence-corrected chi connectivity index (χ0v) is 15.3. The van der Waals surface area contributed by atoms with Crippen LogP contribution in [0.15, 0.2) is 48.7 Å². The van der Waals surface area contributed by atoms with Crippen molar-refractivity contribution in [2.45, 2.75) is 18.8 Å². The van der Waals surface area contributed by atoms with Crippen LogP contribution < -0.4 is 10.1 Å². The molecular formula is C20H23N5O2. The van der Waals surface area contributed by atoms with E-state index in [4.69, 9.17) is 4.74 Å². The lowest BCUT2D eigenvalue weighted by atomic mass is 9.96. The molecule has 1 amide bonds. The molecule has 0 saturated carbocycles. The molecule has 0 spiro atoms. The molecule has 1 aromatic carbocycles. The molecule has 0 radical (unpaired) electrons. The first kappa shape index (κ1) is 17.5. The number of nitrogens with one attached hydrogen (secondary N) is 1. The number of pyridine rings is 1. The van der Waals surface area contributed by atoms with Gasteiger partial charge in [0.25, 0.3) is 0 Å². The Balaban J connectivity index is 1.30. The Morgan fingerprint density at radius 2 is 1.93 bits per heavy atom. The third kappa shape index (κ3) is 3.93. The fourth-order valence-electron chi connectivity index (χ4n) is 3.57. The Morgan fingerprint density at radius 3 is 2.67 bits per heavy atom.